The van der Waals surface area contributed by atoms with Crippen LogP contribution in [-0.2, 0) is 11.2 Å². The van der Waals surface area contributed by atoms with Crippen molar-refractivity contribution in [3.05, 3.63) is 76.2 Å². The molecule has 2 aromatic carbocycles. The quantitative estimate of drug-likeness (QED) is 0.542. The molecule has 0 amide bonds. The summed E-state index contributed by atoms with van der Waals surface area (Å²) in [5, 5.41) is 31.7. The molecule has 158 valence electrons. The summed E-state index contributed by atoms with van der Waals surface area (Å²) < 4.78 is 5.82. The fourth-order valence-electron chi connectivity index (χ4n) is 3.85. The molecule has 4 rings (SSSR count). The van der Waals surface area contributed by atoms with Crippen molar-refractivity contribution >= 4 is 25.9 Å². The molecule has 3 aromatic rings. The van der Waals surface area contributed by atoms with E-state index >= 15 is 0 Å². The lowest BCUT2D eigenvalue weighted by atomic mass is 9.90. The topological polar surface area (TPSA) is 69.9 Å². The maximum Gasteiger partial charge on any atom is 0.113 e. The molecule has 1 saturated heterocycles. The molecule has 3 N–H and O–H groups in total. The molecule has 2 heterocycles. The Morgan fingerprint density at radius 3 is 2.40 bits per heavy atom. The third-order valence-corrected chi connectivity index (χ3v) is 7.29. The first kappa shape index (κ1) is 21.6. The van der Waals surface area contributed by atoms with Gasteiger partial charge in [0.2, 0.25) is 0 Å². The molecule has 1 aromatic heterocycles. The molecule has 1 fully saturated rings. The van der Waals surface area contributed by atoms with Gasteiger partial charge in [-0.3, -0.25) is 0 Å². The number of thiophene rings is 1. The number of benzene rings is 2. The number of hydrogen-bond acceptors (Lipinski definition) is 5. The van der Waals surface area contributed by atoms with Gasteiger partial charge in [-0.2, -0.15) is 0 Å². The summed E-state index contributed by atoms with van der Waals surface area (Å²) in [5.74, 6) is 0. The first-order valence-electron chi connectivity index (χ1n) is 10.1. The van der Waals surface area contributed by atoms with Crippen LogP contribution in [-0.4, -0.2) is 39.7 Å². The van der Waals surface area contributed by atoms with E-state index in [9.17, 15) is 15.3 Å². The largest absolute Gasteiger partial charge is 0.388 e. The lowest BCUT2D eigenvalue weighted by Gasteiger charge is -2.39. The van der Waals surface area contributed by atoms with Gasteiger partial charge in [-0.1, -0.05) is 42.5 Å². The van der Waals surface area contributed by atoms with Crippen molar-refractivity contribution in [1.29, 1.82) is 0 Å². The van der Waals surface area contributed by atoms with Gasteiger partial charge in [0, 0.05) is 16.2 Å². The van der Waals surface area contributed by atoms with Crippen LogP contribution in [0.15, 0.2) is 54.6 Å². The lowest BCUT2D eigenvalue weighted by molar-refractivity contribution is -0.219. The van der Waals surface area contributed by atoms with Gasteiger partial charge in [0.05, 0.1) is 6.10 Å². The molecule has 4 nitrogen and oxygen atoms in total. The molecule has 0 radical (unpaired) electrons. The molecule has 1 aliphatic rings. The Kier molecular flexibility index (Phi) is 6.40. The van der Waals surface area contributed by atoms with Crippen LogP contribution >= 0.6 is 20.6 Å². The Morgan fingerprint density at radius 2 is 1.67 bits per heavy atom. The van der Waals surface area contributed by atoms with E-state index in [0.29, 0.717) is 0 Å². The van der Waals surface area contributed by atoms with E-state index in [-0.39, 0.29) is 0 Å². The van der Waals surface area contributed by atoms with Gasteiger partial charge < -0.3 is 20.1 Å². The summed E-state index contributed by atoms with van der Waals surface area (Å²) in [5.41, 5.74) is 4.35. The van der Waals surface area contributed by atoms with Crippen molar-refractivity contribution in [3.63, 3.8) is 0 Å². The fourth-order valence-corrected chi connectivity index (χ4v) is 5.08. The summed E-state index contributed by atoms with van der Waals surface area (Å²) in [4.78, 5) is 2.50. The molecule has 5 unspecified atom stereocenters. The van der Waals surface area contributed by atoms with Crippen molar-refractivity contribution in [2.45, 2.75) is 50.8 Å². The molecule has 0 bridgehead atoms. The Bertz CT molecular complexity index is 1020. The van der Waals surface area contributed by atoms with E-state index in [1.54, 1.807) is 18.3 Å². The molecule has 30 heavy (non-hydrogen) atoms. The van der Waals surface area contributed by atoms with Crippen LogP contribution in [0.4, 0.5) is 0 Å². The number of aliphatic hydroxyl groups excluding tert-OH is 3. The predicted molar refractivity (Wildman–Crippen MR) is 124 cm³/mol. The molecule has 0 aliphatic carbocycles. The summed E-state index contributed by atoms with van der Waals surface area (Å²) in [7, 11) is 2.71. The number of hydrogen-bond donors (Lipinski definition) is 3. The highest BCUT2D eigenvalue weighted by Gasteiger charge is 2.42. The van der Waals surface area contributed by atoms with Crippen molar-refractivity contribution in [3.8, 4) is 10.4 Å². The maximum atomic E-state index is 10.4. The average molecular weight is 443 g/mol. The van der Waals surface area contributed by atoms with Crippen molar-refractivity contribution in [2.75, 3.05) is 0 Å². The molecule has 6 heteroatoms. The SMILES string of the molecule is Cc1ccc(C2OC(C)[C@H](O)C(O)C2O)cc1Cc1ccc(-c2ccc(P)cc2)s1. The van der Waals surface area contributed by atoms with Gasteiger partial charge in [0.25, 0.3) is 0 Å². The Morgan fingerprint density at radius 1 is 0.933 bits per heavy atom. The summed E-state index contributed by atoms with van der Waals surface area (Å²) >= 11 is 1.78. The van der Waals surface area contributed by atoms with E-state index in [1.165, 1.54) is 26.2 Å². The minimum Gasteiger partial charge on any atom is -0.388 e. The van der Waals surface area contributed by atoms with Crippen LogP contribution < -0.4 is 5.30 Å². The Balaban J connectivity index is 1.56. The second-order valence-corrected chi connectivity index (χ2v) is 9.82. The van der Waals surface area contributed by atoms with Crippen LogP contribution in [0.1, 0.15) is 34.6 Å². The Hall–Kier alpha value is -1.59. The molecular weight excluding hydrogens is 415 g/mol. The first-order valence-corrected chi connectivity index (χ1v) is 11.5. The van der Waals surface area contributed by atoms with E-state index in [2.05, 4.69) is 52.6 Å². The zero-order valence-corrected chi connectivity index (χ0v) is 19.0. The molecule has 0 spiro atoms. The van der Waals surface area contributed by atoms with Crippen LogP contribution in [0.3, 0.4) is 0 Å². The first-order chi connectivity index (χ1) is 14.3. The molecular formula is C24H27O4PS. The zero-order chi connectivity index (χ0) is 21.4. The highest BCUT2D eigenvalue weighted by Crippen LogP contribution is 2.34. The van der Waals surface area contributed by atoms with E-state index in [1.807, 2.05) is 18.2 Å². The van der Waals surface area contributed by atoms with E-state index < -0.39 is 30.5 Å². The second-order valence-electron chi connectivity index (χ2n) is 7.98. The third-order valence-electron chi connectivity index (χ3n) is 5.78. The Labute approximate surface area is 183 Å². The number of aliphatic hydroxyl groups is 3. The van der Waals surface area contributed by atoms with Gasteiger partial charge in [-0.05, 0) is 53.5 Å². The van der Waals surface area contributed by atoms with Crippen molar-refractivity contribution < 1.29 is 20.1 Å². The van der Waals surface area contributed by atoms with Gasteiger partial charge in [0.15, 0.2) is 0 Å². The average Bonchev–Trinajstić information content (AvgIpc) is 3.20. The number of rotatable bonds is 4. The highest BCUT2D eigenvalue weighted by molar-refractivity contribution is 7.27. The predicted octanol–water partition coefficient (Wildman–Crippen LogP) is 3.36. The highest BCUT2D eigenvalue weighted by atomic mass is 32.1. The van der Waals surface area contributed by atoms with Gasteiger partial charge in [0.1, 0.15) is 24.4 Å². The van der Waals surface area contributed by atoms with Crippen LogP contribution in [0.2, 0.25) is 0 Å². The van der Waals surface area contributed by atoms with Crippen LogP contribution in [0.5, 0.6) is 0 Å². The van der Waals surface area contributed by atoms with Gasteiger partial charge in [-0.25, -0.2) is 0 Å². The van der Waals surface area contributed by atoms with Crippen molar-refractivity contribution in [2.24, 2.45) is 0 Å². The zero-order valence-electron chi connectivity index (χ0n) is 17.0. The maximum absolute atomic E-state index is 10.4. The van der Waals surface area contributed by atoms with Crippen molar-refractivity contribution in [1.82, 2.24) is 0 Å². The second kappa shape index (κ2) is 8.88. The van der Waals surface area contributed by atoms with Gasteiger partial charge >= 0.3 is 0 Å². The minimum atomic E-state index is -1.23. The monoisotopic (exact) mass is 442 g/mol. The number of ether oxygens (including phenoxy) is 1. The number of aryl methyl sites for hydroxylation is 1. The standard InChI is InChI=1S/C24H27O4PS/c1-13-3-4-16(24-23(27)22(26)21(25)14(2)28-24)11-17(13)12-19-9-10-20(30-19)15-5-7-18(29)8-6-15/h3-11,14,21-27H,12,29H2,1-2H3/t14?,21-,22?,23?,24?/m0/s1. The third kappa shape index (κ3) is 4.38. The van der Waals surface area contributed by atoms with Crippen LogP contribution in [0, 0.1) is 6.92 Å². The van der Waals surface area contributed by atoms with E-state index in [4.69, 9.17) is 4.74 Å². The lowest BCUT2D eigenvalue weighted by Crippen LogP contribution is -2.53. The summed E-state index contributed by atoms with van der Waals surface area (Å²) in [6.45, 7) is 3.78. The molecule has 6 atom stereocenters. The molecule has 0 saturated carbocycles. The summed E-state index contributed by atoms with van der Waals surface area (Å²) in [6, 6.07) is 18.8. The van der Waals surface area contributed by atoms with Gasteiger partial charge in [-0.15, -0.1) is 20.6 Å². The minimum absolute atomic E-state index is 0.550. The normalized spacial score (nSPS) is 26.7. The van der Waals surface area contributed by atoms with E-state index in [0.717, 1.165) is 17.5 Å². The summed E-state index contributed by atoms with van der Waals surface area (Å²) in [6.07, 6.45) is -3.91. The smallest absolute Gasteiger partial charge is 0.113 e. The van der Waals surface area contributed by atoms with Crippen LogP contribution in [0.25, 0.3) is 10.4 Å². The fraction of sp³-hybridized carbons (Fsp3) is 0.333. The molecule has 1 aliphatic heterocycles.